The Morgan fingerprint density at radius 2 is 2.24 bits per heavy atom. The van der Waals surface area contributed by atoms with Crippen molar-refractivity contribution in [2.75, 3.05) is 0 Å². The molecule has 0 radical (unpaired) electrons. The van der Waals surface area contributed by atoms with E-state index in [1.165, 1.54) is 4.88 Å². The van der Waals surface area contributed by atoms with Crippen LogP contribution in [0.15, 0.2) is 17.5 Å². The van der Waals surface area contributed by atoms with E-state index in [9.17, 15) is 4.79 Å². The molecule has 0 saturated heterocycles. The van der Waals surface area contributed by atoms with Gasteiger partial charge in [-0.05, 0) is 38.6 Å². The highest BCUT2D eigenvalue weighted by Gasteiger charge is 2.21. The molecule has 1 atom stereocenters. The summed E-state index contributed by atoms with van der Waals surface area (Å²) in [6.45, 7) is 8.80. The van der Waals surface area contributed by atoms with Crippen molar-refractivity contribution in [3.63, 3.8) is 0 Å². The summed E-state index contributed by atoms with van der Waals surface area (Å²) >= 11 is 1.70. The fourth-order valence-corrected chi connectivity index (χ4v) is 1.95. The third-order valence-electron chi connectivity index (χ3n) is 2.90. The topological polar surface area (TPSA) is 41.1 Å². The number of carbonyl (C=O) groups excluding carboxylic acids is 1. The predicted octanol–water partition coefficient (Wildman–Crippen LogP) is 2.53. The molecule has 0 spiro atoms. The number of hydrogen-bond donors (Lipinski definition) is 2. The Balaban J connectivity index is 2.37. The van der Waals surface area contributed by atoms with E-state index in [4.69, 9.17) is 0 Å². The minimum atomic E-state index is -0.164. The molecule has 0 fully saturated rings. The van der Waals surface area contributed by atoms with Gasteiger partial charge in [0.25, 0.3) is 0 Å². The van der Waals surface area contributed by atoms with Gasteiger partial charge in [0.15, 0.2) is 0 Å². The van der Waals surface area contributed by atoms with Crippen molar-refractivity contribution in [2.24, 2.45) is 0 Å². The number of rotatable bonds is 6. The quantitative estimate of drug-likeness (QED) is 0.819. The van der Waals surface area contributed by atoms with E-state index < -0.39 is 0 Å². The van der Waals surface area contributed by atoms with Crippen molar-refractivity contribution in [3.05, 3.63) is 22.4 Å². The lowest BCUT2D eigenvalue weighted by molar-refractivity contribution is -0.124. The first-order chi connectivity index (χ1) is 7.94. The Morgan fingerprint density at radius 3 is 2.76 bits per heavy atom. The first-order valence-electron chi connectivity index (χ1n) is 6.02. The van der Waals surface area contributed by atoms with Crippen molar-refractivity contribution < 1.29 is 4.79 Å². The highest BCUT2D eigenvalue weighted by atomic mass is 32.1. The molecule has 0 aliphatic heterocycles. The van der Waals surface area contributed by atoms with E-state index in [0.717, 1.165) is 13.0 Å². The maximum absolute atomic E-state index is 11.9. The van der Waals surface area contributed by atoms with Crippen molar-refractivity contribution in [1.29, 1.82) is 0 Å². The zero-order chi connectivity index (χ0) is 12.9. The van der Waals surface area contributed by atoms with Crippen LogP contribution in [-0.4, -0.2) is 17.5 Å². The molecule has 0 bridgehead atoms. The van der Waals surface area contributed by atoms with Crippen LogP contribution in [0.2, 0.25) is 0 Å². The van der Waals surface area contributed by atoms with Crippen LogP contribution in [0.1, 0.15) is 39.0 Å². The molecule has 0 aliphatic rings. The molecule has 1 aromatic rings. The van der Waals surface area contributed by atoms with Crippen LogP contribution in [-0.2, 0) is 11.3 Å². The van der Waals surface area contributed by atoms with Gasteiger partial charge in [0, 0.05) is 17.0 Å². The normalized spacial score (nSPS) is 13.4. The van der Waals surface area contributed by atoms with Gasteiger partial charge in [-0.1, -0.05) is 13.0 Å². The molecule has 0 saturated carbocycles. The number of nitrogens with one attached hydrogen (secondary N) is 2. The summed E-state index contributed by atoms with van der Waals surface area (Å²) in [4.78, 5) is 13.2. The average molecular weight is 254 g/mol. The molecular weight excluding hydrogens is 232 g/mol. The molecule has 1 aromatic heterocycles. The molecule has 96 valence electrons. The second-order valence-electron chi connectivity index (χ2n) is 4.91. The Labute approximate surface area is 108 Å². The minimum absolute atomic E-state index is 0.0633. The smallest absolute Gasteiger partial charge is 0.237 e. The van der Waals surface area contributed by atoms with E-state index >= 15 is 0 Å². The molecule has 1 amide bonds. The molecule has 1 rings (SSSR count). The fraction of sp³-hybridized carbons (Fsp3) is 0.615. The van der Waals surface area contributed by atoms with Crippen LogP contribution in [0.4, 0.5) is 0 Å². The largest absolute Gasteiger partial charge is 0.350 e. The van der Waals surface area contributed by atoms with Gasteiger partial charge in [-0.3, -0.25) is 4.79 Å². The summed E-state index contributed by atoms with van der Waals surface area (Å²) < 4.78 is 0. The van der Waals surface area contributed by atoms with E-state index in [2.05, 4.69) is 23.6 Å². The summed E-state index contributed by atoms with van der Waals surface area (Å²) in [6, 6.07) is 3.92. The number of hydrogen-bond acceptors (Lipinski definition) is 3. The Kier molecular flexibility index (Phi) is 5.15. The zero-order valence-electron chi connectivity index (χ0n) is 11.0. The zero-order valence-corrected chi connectivity index (χ0v) is 11.9. The third-order valence-corrected chi connectivity index (χ3v) is 3.78. The summed E-state index contributed by atoms with van der Waals surface area (Å²) in [7, 11) is 0. The maximum Gasteiger partial charge on any atom is 0.237 e. The molecule has 4 heteroatoms. The van der Waals surface area contributed by atoms with E-state index in [1.54, 1.807) is 11.3 Å². The second-order valence-corrected chi connectivity index (χ2v) is 5.94. The van der Waals surface area contributed by atoms with Crippen LogP contribution >= 0.6 is 11.3 Å². The minimum Gasteiger partial charge on any atom is -0.350 e. The average Bonchev–Trinajstić information content (AvgIpc) is 2.78. The van der Waals surface area contributed by atoms with Crippen LogP contribution in [0.25, 0.3) is 0 Å². The van der Waals surface area contributed by atoms with Gasteiger partial charge in [0.2, 0.25) is 5.91 Å². The Hall–Kier alpha value is -0.870. The van der Waals surface area contributed by atoms with E-state index in [0.29, 0.717) is 0 Å². The third kappa shape index (κ3) is 4.88. The highest BCUT2D eigenvalue weighted by Crippen LogP contribution is 2.09. The molecule has 0 aromatic carbocycles. The van der Waals surface area contributed by atoms with Gasteiger partial charge in [-0.25, -0.2) is 0 Å². The predicted molar refractivity (Wildman–Crippen MR) is 73.1 cm³/mol. The Bertz CT molecular complexity index is 346. The van der Waals surface area contributed by atoms with Gasteiger partial charge in [0.05, 0.1) is 6.04 Å². The first-order valence-corrected chi connectivity index (χ1v) is 6.90. The van der Waals surface area contributed by atoms with Crippen LogP contribution in [0, 0.1) is 0 Å². The lowest BCUT2D eigenvalue weighted by Gasteiger charge is -2.26. The van der Waals surface area contributed by atoms with E-state index in [1.807, 2.05) is 32.2 Å². The summed E-state index contributed by atoms with van der Waals surface area (Å²) in [6.07, 6.45) is 0.927. The number of amides is 1. The van der Waals surface area contributed by atoms with Crippen LogP contribution in [0.5, 0.6) is 0 Å². The van der Waals surface area contributed by atoms with Crippen molar-refractivity contribution in [1.82, 2.24) is 10.6 Å². The van der Waals surface area contributed by atoms with Crippen LogP contribution < -0.4 is 10.6 Å². The Morgan fingerprint density at radius 1 is 1.53 bits per heavy atom. The van der Waals surface area contributed by atoms with Gasteiger partial charge in [-0.15, -0.1) is 11.3 Å². The van der Waals surface area contributed by atoms with Crippen molar-refractivity contribution >= 4 is 17.2 Å². The highest BCUT2D eigenvalue weighted by molar-refractivity contribution is 7.09. The van der Waals surface area contributed by atoms with Gasteiger partial charge in [-0.2, -0.15) is 0 Å². The molecule has 2 N–H and O–H groups in total. The molecule has 1 heterocycles. The van der Waals surface area contributed by atoms with Crippen molar-refractivity contribution in [3.8, 4) is 0 Å². The first kappa shape index (κ1) is 14.2. The second kappa shape index (κ2) is 6.17. The standard InChI is InChI=1S/C13H22N2OS/c1-5-13(3,4)15-12(16)10(2)14-9-11-7-6-8-17-11/h6-8,10,14H,5,9H2,1-4H3,(H,15,16). The molecule has 3 nitrogen and oxygen atoms in total. The van der Waals surface area contributed by atoms with Gasteiger partial charge >= 0.3 is 0 Å². The molecule has 1 unspecified atom stereocenters. The lowest BCUT2D eigenvalue weighted by atomic mass is 10.0. The fourth-order valence-electron chi connectivity index (χ4n) is 1.29. The summed E-state index contributed by atoms with van der Waals surface area (Å²) in [5.74, 6) is 0.0633. The molecule has 17 heavy (non-hydrogen) atoms. The maximum atomic E-state index is 11.9. The SMILES string of the molecule is CCC(C)(C)NC(=O)C(C)NCc1cccs1. The van der Waals surface area contributed by atoms with Crippen molar-refractivity contribution in [2.45, 2.75) is 52.2 Å². The van der Waals surface area contributed by atoms with E-state index in [-0.39, 0.29) is 17.5 Å². The molecular formula is C13H22N2OS. The number of carbonyl (C=O) groups is 1. The summed E-state index contributed by atoms with van der Waals surface area (Å²) in [5, 5.41) is 8.31. The van der Waals surface area contributed by atoms with Crippen LogP contribution in [0.3, 0.4) is 0 Å². The van der Waals surface area contributed by atoms with Gasteiger partial charge in [0.1, 0.15) is 0 Å². The molecule has 0 aliphatic carbocycles. The van der Waals surface area contributed by atoms with Gasteiger partial charge < -0.3 is 10.6 Å². The lowest BCUT2D eigenvalue weighted by Crippen LogP contribution is -2.50. The summed E-state index contributed by atoms with van der Waals surface area (Å²) in [5.41, 5.74) is -0.129. The number of thiophene rings is 1. The monoisotopic (exact) mass is 254 g/mol.